The predicted molar refractivity (Wildman–Crippen MR) is 84.8 cm³/mol. The highest BCUT2D eigenvalue weighted by Gasteiger charge is 2.15. The highest BCUT2D eigenvalue weighted by molar-refractivity contribution is 7.15. The molecule has 0 amide bonds. The Hall–Kier alpha value is -1.36. The molecule has 0 aliphatic rings. The number of hydrogen-bond donors (Lipinski definition) is 1. The first-order chi connectivity index (χ1) is 9.67. The van der Waals surface area contributed by atoms with Gasteiger partial charge in [-0.15, -0.1) is 11.3 Å². The second kappa shape index (κ2) is 5.56. The van der Waals surface area contributed by atoms with Crippen LogP contribution in [0.15, 0.2) is 36.0 Å². The van der Waals surface area contributed by atoms with Crippen LogP contribution in [-0.2, 0) is 6.42 Å². The van der Waals surface area contributed by atoms with Gasteiger partial charge in [-0.05, 0) is 37.2 Å². The third-order valence-corrected chi connectivity index (χ3v) is 4.53. The normalized spacial score (nSPS) is 12.9. The summed E-state index contributed by atoms with van der Waals surface area (Å²) < 4.78 is 2.07. The van der Waals surface area contributed by atoms with Gasteiger partial charge in [-0.3, -0.25) is 4.40 Å². The average molecular weight is 306 g/mol. The summed E-state index contributed by atoms with van der Waals surface area (Å²) in [6.07, 6.45) is 4.98. The van der Waals surface area contributed by atoms with Crippen molar-refractivity contribution in [3.63, 3.8) is 0 Å². The van der Waals surface area contributed by atoms with E-state index in [-0.39, 0.29) is 6.04 Å². The number of nitrogens with one attached hydrogen (secondary N) is 1. The van der Waals surface area contributed by atoms with E-state index in [4.69, 9.17) is 11.6 Å². The van der Waals surface area contributed by atoms with Crippen molar-refractivity contribution in [3.05, 3.63) is 57.8 Å². The van der Waals surface area contributed by atoms with Crippen LogP contribution in [0.1, 0.15) is 22.9 Å². The Morgan fingerprint density at radius 1 is 1.45 bits per heavy atom. The Morgan fingerprint density at radius 3 is 3.05 bits per heavy atom. The van der Waals surface area contributed by atoms with Gasteiger partial charge in [0.2, 0.25) is 0 Å². The predicted octanol–water partition coefficient (Wildman–Crippen LogP) is 3.86. The molecule has 1 unspecified atom stereocenters. The van der Waals surface area contributed by atoms with Gasteiger partial charge in [0.15, 0.2) is 4.96 Å². The highest BCUT2D eigenvalue weighted by atomic mass is 35.5. The van der Waals surface area contributed by atoms with E-state index in [1.165, 1.54) is 11.1 Å². The zero-order chi connectivity index (χ0) is 14.1. The van der Waals surface area contributed by atoms with Crippen molar-refractivity contribution in [1.82, 2.24) is 14.7 Å². The molecule has 0 spiro atoms. The lowest BCUT2D eigenvalue weighted by atomic mass is 9.98. The first-order valence-corrected chi connectivity index (χ1v) is 7.77. The number of nitrogens with zero attached hydrogens (tertiary/aromatic N) is 2. The largest absolute Gasteiger partial charge is 0.313 e. The van der Waals surface area contributed by atoms with Crippen molar-refractivity contribution in [1.29, 1.82) is 0 Å². The molecule has 3 nitrogen and oxygen atoms in total. The SMILES string of the molecule is CNC(Cc1cn2ccsc2n1)c1cc(Cl)ccc1C. The van der Waals surface area contributed by atoms with Crippen molar-refractivity contribution in [3.8, 4) is 0 Å². The fraction of sp³-hybridized carbons (Fsp3) is 0.267. The van der Waals surface area contributed by atoms with E-state index in [0.717, 1.165) is 22.1 Å². The molecule has 1 aromatic carbocycles. The smallest absolute Gasteiger partial charge is 0.193 e. The number of aromatic nitrogens is 2. The van der Waals surface area contributed by atoms with Crippen LogP contribution in [0, 0.1) is 6.92 Å². The Kier molecular flexibility index (Phi) is 3.78. The standard InChI is InChI=1S/C15H16ClN3S/c1-10-3-4-11(16)7-13(10)14(17-2)8-12-9-19-5-6-20-15(19)18-12/h3-7,9,14,17H,8H2,1-2H3. The summed E-state index contributed by atoms with van der Waals surface area (Å²) in [5.41, 5.74) is 3.57. The molecule has 20 heavy (non-hydrogen) atoms. The molecular weight excluding hydrogens is 290 g/mol. The minimum absolute atomic E-state index is 0.221. The van der Waals surface area contributed by atoms with Crippen LogP contribution in [0.2, 0.25) is 5.02 Å². The molecule has 0 radical (unpaired) electrons. The van der Waals surface area contributed by atoms with E-state index < -0.39 is 0 Å². The van der Waals surface area contributed by atoms with Gasteiger partial charge < -0.3 is 5.32 Å². The molecule has 0 bridgehead atoms. The molecule has 2 heterocycles. The first-order valence-electron chi connectivity index (χ1n) is 6.52. The minimum atomic E-state index is 0.221. The molecule has 0 aliphatic heterocycles. The second-order valence-corrected chi connectivity index (χ2v) is 6.18. The van der Waals surface area contributed by atoms with Gasteiger partial charge in [-0.25, -0.2) is 4.98 Å². The molecule has 0 saturated heterocycles. The summed E-state index contributed by atoms with van der Waals surface area (Å²) in [6.45, 7) is 2.11. The van der Waals surface area contributed by atoms with Crippen molar-refractivity contribution in [2.45, 2.75) is 19.4 Å². The minimum Gasteiger partial charge on any atom is -0.313 e. The van der Waals surface area contributed by atoms with Gasteiger partial charge in [-0.1, -0.05) is 17.7 Å². The number of fused-ring (bicyclic) bond motifs is 1. The number of rotatable bonds is 4. The van der Waals surface area contributed by atoms with Crippen molar-refractivity contribution >= 4 is 27.9 Å². The molecule has 2 aromatic heterocycles. The Bertz CT molecular complexity index is 703. The second-order valence-electron chi connectivity index (χ2n) is 4.87. The van der Waals surface area contributed by atoms with Gasteiger partial charge in [0.05, 0.1) is 5.69 Å². The summed E-state index contributed by atoms with van der Waals surface area (Å²) in [5, 5.41) is 6.19. The van der Waals surface area contributed by atoms with Crippen LogP contribution in [0.4, 0.5) is 0 Å². The van der Waals surface area contributed by atoms with Crippen LogP contribution in [0.25, 0.3) is 4.96 Å². The molecule has 1 atom stereocenters. The molecule has 0 saturated carbocycles. The number of imidazole rings is 1. The molecule has 5 heteroatoms. The van der Waals surface area contributed by atoms with E-state index in [0.29, 0.717) is 0 Å². The quantitative estimate of drug-likeness (QED) is 0.793. The first kappa shape index (κ1) is 13.6. The Balaban J connectivity index is 1.89. The Morgan fingerprint density at radius 2 is 2.30 bits per heavy atom. The van der Waals surface area contributed by atoms with E-state index in [9.17, 15) is 0 Å². The summed E-state index contributed by atoms with van der Waals surface area (Å²) >= 11 is 7.78. The summed E-state index contributed by atoms with van der Waals surface area (Å²) in [4.78, 5) is 5.69. The maximum absolute atomic E-state index is 6.12. The van der Waals surface area contributed by atoms with Gasteiger partial charge in [0.25, 0.3) is 0 Å². The average Bonchev–Trinajstić information content (AvgIpc) is 3.00. The van der Waals surface area contributed by atoms with Crippen LogP contribution in [-0.4, -0.2) is 16.4 Å². The molecule has 3 aromatic rings. The molecule has 0 fully saturated rings. The lowest BCUT2D eigenvalue weighted by molar-refractivity contribution is 0.583. The molecule has 104 valence electrons. The lowest BCUT2D eigenvalue weighted by Gasteiger charge is -2.18. The number of benzene rings is 1. The van der Waals surface area contributed by atoms with Gasteiger partial charge in [0, 0.05) is 35.3 Å². The highest BCUT2D eigenvalue weighted by Crippen LogP contribution is 2.25. The number of thiazole rings is 1. The number of likely N-dealkylation sites (N-methyl/N-ethyl adjacent to an activating group) is 1. The molecule has 3 rings (SSSR count). The monoisotopic (exact) mass is 305 g/mol. The fourth-order valence-electron chi connectivity index (χ4n) is 2.44. The van der Waals surface area contributed by atoms with E-state index >= 15 is 0 Å². The third kappa shape index (κ3) is 2.59. The summed E-state index contributed by atoms with van der Waals surface area (Å²) in [5.74, 6) is 0. The van der Waals surface area contributed by atoms with Crippen molar-refractivity contribution in [2.75, 3.05) is 7.05 Å². The number of hydrogen-bond acceptors (Lipinski definition) is 3. The van der Waals surface area contributed by atoms with Gasteiger partial charge in [0.1, 0.15) is 0 Å². The summed E-state index contributed by atoms with van der Waals surface area (Å²) in [6, 6.07) is 6.25. The molecular formula is C15H16ClN3S. The van der Waals surface area contributed by atoms with Crippen LogP contribution >= 0.6 is 22.9 Å². The van der Waals surface area contributed by atoms with E-state index in [1.807, 2.05) is 30.8 Å². The zero-order valence-corrected chi connectivity index (χ0v) is 13.0. The third-order valence-electron chi connectivity index (χ3n) is 3.52. The number of aryl methyl sites for hydroxylation is 1. The van der Waals surface area contributed by atoms with Gasteiger partial charge >= 0.3 is 0 Å². The van der Waals surface area contributed by atoms with Crippen molar-refractivity contribution < 1.29 is 0 Å². The lowest BCUT2D eigenvalue weighted by Crippen LogP contribution is -2.20. The molecule has 0 aliphatic carbocycles. The fourth-order valence-corrected chi connectivity index (χ4v) is 3.34. The van der Waals surface area contributed by atoms with Crippen molar-refractivity contribution in [2.24, 2.45) is 0 Å². The maximum atomic E-state index is 6.12. The van der Waals surface area contributed by atoms with Gasteiger partial charge in [-0.2, -0.15) is 0 Å². The van der Waals surface area contributed by atoms with E-state index in [2.05, 4.69) is 33.9 Å². The van der Waals surface area contributed by atoms with Crippen LogP contribution in [0.5, 0.6) is 0 Å². The topological polar surface area (TPSA) is 29.3 Å². The van der Waals surface area contributed by atoms with E-state index in [1.54, 1.807) is 11.3 Å². The maximum Gasteiger partial charge on any atom is 0.193 e. The zero-order valence-electron chi connectivity index (χ0n) is 11.4. The molecule has 1 N–H and O–H groups in total. The number of halogens is 1. The van der Waals surface area contributed by atoms with Crippen LogP contribution in [0.3, 0.4) is 0 Å². The van der Waals surface area contributed by atoms with Crippen LogP contribution < -0.4 is 5.32 Å². The Labute approximate surface area is 127 Å². The summed E-state index contributed by atoms with van der Waals surface area (Å²) in [7, 11) is 1.98.